The van der Waals surface area contributed by atoms with E-state index < -0.39 is 42.2 Å². The summed E-state index contributed by atoms with van der Waals surface area (Å²) < 4.78 is 32.5. The molecule has 3 rings (SSSR count). The van der Waals surface area contributed by atoms with Gasteiger partial charge in [0.2, 0.25) is 5.91 Å². The SMILES string of the molecule is O=C1OC[C@H](Cc2ccccc2)N1C(=O)[C@@H](CO)c1cccc(F)c1F. The van der Waals surface area contributed by atoms with Gasteiger partial charge in [-0.1, -0.05) is 42.5 Å². The topological polar surface area (TPSA) is 66.8 Å². The highest BCUT2D eigenvalue weighted by atomic mass is 19.2. The van der Waals surface area contributed by atoms with Crippen LogP contribution in [0.2, 0.25) is 0 Å². The summed E-state index contributed by atoms with van der Waals surface area (Å²) >= 11 is 0. The fraction of sp³-hybridized carbons (Fsp3) is 0.263. The van der Waals surface area contributed by atoms with Crippen LogP contribution in [-0.2, 0) is 16.0 Å². The lowest BCUT2D eigenvalue weighted by molar-refractivity contribution is -0.131. The number of hydrogen-bond acceptors (Lipinski definition) is 4. The molecule has 0 spiro atoms. The molecule has 1 saturated heterocycles. The normalized spacial score (nSPS) is 17.9. The van der Waals surface area contributed by atoms with Crippen molar-refractivity contribution in [2.75, 3.05) is 13.2 Å². The molecule has 1 heterocycles. The average Bonchev–Trinajstić information content (AvgIpc) is 3.00. The number of hydrogen-bond donors (Lipinski definition) is 1. The van der Waals surface area contributed by atoms with Crippen LogP contribution in [-0.4, -0.2) is 41.3 Å². The number of halogens is 2. The van der Waals surface area contributed by atoms with Crippen LogP contribution >= 0.6 is 0 Å². The van der Waals surface area contributed by atoms with Crippen LogP contribution in [0.3, 0.4) is 0 Å². The number of rotatable bonds is 5. The number of cyclic esters (lactones) is 1. The van der Waals surface area contributed by atoms with Crippen molar-refractivity contribution in [3.05, 3.63) is 71.3 Å². The summed E-state index contributed by atoms with van der Waals surface area (Å²) in [5.41, 5.74) is 0.599. The summed E-state index contributed by atoms with van der Waals surface area (Å²) in [6.07, 6.45) is -0.492. The number of carbonyl (C=O) groups excluding carboxylic acids is 2. The van der Waals surface area contributed by atoms with E-state index in [0.717, 1.165) is 16.5 Å². The van der Waals surface area contributed by atoms with E-state index in [2.05, 4.69) is 0 Å². The molecule has 0 unspecified atom stereocenters. The van der Waals surface area contributed by atoms with Crippen LogP contribution in [0.1, 0.15) is 17.0 Å². The minimum absolute atomic E-state index is 0.00322. The lowest BCUT2D eigenvalue weighted by Crippen LogP contribution is -2.43. The molecule has 0 bridgehead atoms. The van der Waals surface area contributed by atoms with Crippen LogP contribution in [0.5, 0.6) is 0 Å². The van der Waals surface area contributed by atoms with E-state index in [0.29, 0.717) is 6.42 Å². The maximum absolute atomic E-state index is 14.1. The van der Waals surface area contributed by atoms with Crippen LogP contribution < -0.4 is 0 Å². The standard InChI is InChI=1S/C19H17F2NO4/c20-16-8-4-7-14(17(16)21)15(10-23)18(24)22-13(11-26-19(22)25)9-12-5-2-1-3-6-12/h1-8,13,15,23H,9-11H2/t13-,15-/m0/s1. The predicted octanol–water partition coefficient (Wildman–Crippen LogP) is 2.63. The zero-order valence-corrected chi connectivity index (χ0v) is 13.8. The highest BCUT2D eigenvalue weighted by Gasteiger charge is 2.41. The van der Waals surface area contributed by atoms with E-state index in [1.165, 1.54) is 12.1 Å². The second kappa shape index (κ2) is 7.61. The zero-order chi connectivity index (χ0) is 18.7. The molecular weight excluding hydrogens is 344 g/mol. The molecule has 26 heavy (non-hydrogen) atoms. The fourth-order valence-electron chi connectivity index (χ4n) is 3.03. The Balaban J connectivity index is 1.87. The van der Waals surface area contributed by atoms with Gasteiger partial charge >= 0.3 is 6.09 Å². The first kappa shape index (κ1) is 18.0. The summed E-state index contributed by atoms with van der Waals surface area (Å²) in [4.78, 5) is 25.8. The van der Waals surface area contributed by atoms with Crippen LogP contribution in [0.15, 0.2) is 48.5 Å². The molecule has 1 fully saturated rings. The summed E-state index contributed by atoms with van der Waals surface area (Å²) in [6, 6.07) is 12.0. The smallest absolute Gasteiger partial charge is 0.417 e. The largest absolute Gasteiger partial charge is 0.447 e. The van der Waals surface area contributed by atoms with Gasteiger partial charge in [0.1, 0.15) is 6.61 Å². The molecule has 0 aromatic heterocycles. The fourth-order valence-corrected chi connectivity index (χ4v) is 3.03. The molecule has 2 atom stereocenters. The van der Waals surface area contributed by atoms with Gasteiger partial charge in [0, 0.05) is 5.56 Å². The third kappa shape index (κ3) is 3.43. The molecular formula is C19H17F2NO4. The second-order valence-electron chi connectivity index (χ2n) is 6.01. The maximum Gasteiger partial charge on any atom is 0.417 e. The van der Waals surface area contributed by atoms with Gasteiger partial charge in [-0.3, -0.25) is 4.79 Å². The molecule has 2 aromatic rings. The summed E-state index contributed by atoms with van der Waals surface area (Å²) in [5.74, 6) is -4.55. The lowest BCUT2D eigenvalue weighted by Gasteiger charge is -2.24. The molecule has 0 aliphatic carbocycles. The summed E-state index contributed by atoms with van der Waals surface area (Å²) in [7, 11) is 0. The van der Waals surface area contributed by atoms with E-state index in [9.17, 15) is 23.5 Å². The Morgan fingerprint density at radius 2 is 1.92 bits per heavy atom. The minimum Gasteiger partial charge on any atom is -0.447 e. The Morgan fingerprint density at radius 1 is 1.19 bits per heavy atom. The van der Waals surface area contributed by atoms with Gasteiger partial charge < -0.3 is 9.84 Å². The average molecular weight is 361 g/mol. The summed E-state index contributed by atoms with van der Waals surface area (Å²) in [5, 5.41) is 9.60. The number of carbonyl (C=O) groups is 2. The number of amides is 2. The number of benzene rings is 2. The van der Waals surface area contributed by atoms with Crippen molar-refractivity contribution in [1.82, 2.24) is 4.90 Å². The van der Waals surface area contributed by atoms with Gasteiger partial charge in [-0.05, 0) is 18.1 Å². The molecule has 1 aliphatic rings. The molecule has 5 nitrogen and oxygen atoms in total. The number of nitrogens with zero attached hydrogens (tertiary/aromatic N) is 1. The zero-order valence-electron chi connectivity index (χ0n) is 13.8. The van der Waals surface area contributed by atoms with E-state index in [-0.39, 0.29) is 12.2 Å². The maximum atomic E-state index is 14.1. The van der Waals surface area contributed by atoms with Crippen molar-refractivity contribution < 1.29 is 28.2 Å². The van der Waals surface area contributed by atoms with Crippen molar-refractivity contribution >= 4 is 12.0 Å². The van der Waals surface area contributed by atoms with Gasteiger partial charge in [-0.2, -0.15) is 0 Å². The van der Waals surface area contributed by atoms with Crippen molar-refractivity contribution in [2.45, 2.75) is 18.4 Å². The Hall–Kier alpha value is -2.80. The van der Waals surface area contributed by atoms with Crippen molar-refractivity contribution in [3.63, 3.8) is 0 Å². The Kier molecular flexibility index (Phi) is 5.27. The quantitative estimate of drug-likeness (QED) is 0.889. The Morgan fingerprint density at radius 3 is 2.62 bits per heavy atom. The van der Waals surface area contributed by atoms with E-state index >= 15 is 0 Å². The molecule has 2 amide bonds. The summed E-state index contributed by atoms with van der Waals surface area (Å²) in [6.45, 7) is -0.760. The third-order valence-corrected chi connectivity index (χ3v) is 4.35. The van der Waals surface area contributed by atoms with Gasteiger partial charge in [-0.25, -0.2) is 18.5 Å². The van der Waals surface area contributed by atoms with Crippen molar-refractivity contribution in [2.24, 2.45) is 0 Å². The molecule has 1 aliphatic heterocycles. The monoisotopic (exact) mass is 361 g/mol. The molecule has 1 N–H and O–H groups in total. The number of aliphatic hydroxyl groups is 1. The Labute approximate surface area is 148 Å². The van der Waals surface area contributed by atoms with Gasteiger partial charge in [-0.15, -0.1) is 0 Å². The Bertz CT molecular complexity index is 812. The minimum atomic E-state index is -1.39. The van der Waals surface area contributed by atoms with E-state index in [1.807, 2.05) is 30.3 Å². The number of aliphatic hydroxyl groups excluding tert-OH is 1. The first-order valence-corrected chi connectivity index (χ1v) is 8.11. The van der Waals surface area contributed by atoms with Crippen molar-refractivity contribution in [1.29, 1.82) is 0 Å². The van der Waals surface area contributed by atoms with E-state index in [1.54, 1.807) is 0 Å². The van der Waals surface area contributed by atoms with Crippen LogP contribution in [0.4, 0.5) is 13.6 Å². The van der Waals surface area contributed by atoms with Crippen LogP contribution in [0, 0.1) is 11.6 Å². The first-order chi connectivity index (χ1) is 12.5. The highest BCUT2D eigenvalue weighted by molar-refractivity contribution is 5.97. The number of imide groups is 1. The molecule has 7 heteroatoms. The molecule has 136 valence electrons. The predicted molar refractivity (Wildman–Crippen MR) is 88.3 cm³/mol. The van der Waals surface area contributed by atoms with E-state index in [4.69, 9.17) is 4.74 Å². The highest BCUT2D eigenvalue weighted by Crippen LogP contribution is 2.27. The molecule has 2 aromatic carbocycles. The molecule has 0 saturated carbocycles. The second-order valence-corrected chi connectivity index (χ2v) is 6.01. The van der Waals surface area contributed by atoms with Gasteiger partial charge in [0.15, 0.2) is 11.6 Å². The van der Waals surface area contributed by atoms with Crippen molar-refractivity contribution in [3.8, 4) is 0 Å². The molecule has 0 radical (unpaired) electrons. The van der Waals surface area contributed by atoms with Gasteiger partial charge in [0.25, 0.3) is 0 Å². The van der Waals surface area contributed by atoms with Crippen LogP contribution in [0.25, 0.3) is 0 Å². The third-order valence-electron chi connectivity index (χ3n) is 4.35. The number of ether oxygens (including phenoxy) is 1. The first-order valence-electron chi connectivity index (χ1n) is 8.11. The van der Waals surface area contributed by atoms with Gasteiger partial charge in [0.05, 0.1) is 18.6 Å². The lowest BCUT2D eigenvalue weighted by atomic mass is 9.96.